The third kappa shape index (κ3) is 3.27. The van der Waals surface area contributed by atoms with Crippen LogP contribution in [0.2, 0.25) is 0 Å². The molecule has 3 unspecified atom stereocenters. The van der Waals surface area contributed by atoms with Crippen molar-refractivity contribution in [2.45, 2.75) is 38.0 Å². The zero-order chi connectivity index (χ0) is 11.4. The Morgan fingerprint density at radius 2 is 2.56 bits per heavy atom. The molecule has 2 heterocycles. The zero-order valence-electron chi connectivity index (χ0n) is 9.56. The Morgan fingerprint density at radius 1 is 1.69 bits per heavy atom. The van der Waals surface area contributed by atoms with Gasteiger partial charge in [-0.05, 0) is 37.7 Å². The quantitative estimate of drug-likeness (QED) is 0.829. The summed E-state index contributed by atoms with van der Waals surface area (Å²) < 4.78 is 5.18. The lowest BCUT2D eigenvalue weighted by atomic mass is 10.1. The second-order valence-corrected chi connectivity index (χ2v) is 5.54. The lowest BCUT2D eigenvalue weighted by molar-refractivity contribution is 0.127. The number of nitrogens with one attached hydrogen (secondary N) is 1. The normalized spacial score (nSPS) is 24.5. The monoisotopic (exact) mass is 241 g/mol. The van der Waals surface area contributed by atoms with Gasteiger partial charge in [0.15, 0.2) is 0 Å². The Kier molecular flexibility index (Phi) is 4.32. The SMILES string of the molecule is CC(CC(O)c1ccco1)NC1CCSC1. The largest absolute Gasteiger partial charge is 0.467 e. The Hall–Kier alpha value is -0.450. The number of hydrogen-bond donors (Lipinski definition) is 2. The van der Waals surface area contributed by atoms with Gasteiger partial charge < -0.3 is 14.8 Å². The van der Waals surface area contributed by atoms with Crippen LogP contribution in [-0.2, 0) is 0 Å². The fourth-order valence-electron chi connectivity index (χ4n) is 2.07. The molecule has 1 aliphatic rings. The summed E-state index contributed by atoms with van der Waals surface area (Å²) in [6, 6.07) is 4.57. The molecule has 0 bridgehead atoms. The maximum atomic E-state index is 9.91. The van der Waals surface area contributed by atoms with E-state index in [4.69, 9.17) is 4.42 Å². The van der Waals surface area contributed by atoms with Crippen molar-refractivity contribution >= 4 is 11.8 Å². The Labute approximate surface area is 101 Å². The van der Waals surface area contributed by atoms with Crippen LogP contribution in [0.15, 0.2) is 22.8 Å². The minimum atomic E-state index is -0.494. The van der Waals surface area contributed by atoms with Crippen molar-refractivity contribution in [1.82, 2.24) is 5.32 Å². The van der Waals surface area contributed by atoms with E-state index in [-0.39, 0.29) is 0 Å². The number of thioether (sulfide) groups is 1. The lowest BCUT2D eigenvalue weighted by Crippen LogP contribution is -2.37. The van der Waals surface area contributed by atoms with Crippen LogP contribution < -0.4 is 5.32 Å². The van der Waals surface area contributed by atoms with Gasteiger partial charge in [0.05, 0.1) is 6.26 Å². The van der Waals surface area contributed by atoms with Crippen molar-refractivity contribution in [3.05, 3.63) is 24.2 Å². The molecule has 2 rings (SSSR count). The molecule has 0 aromatic carbocycles. The molecule has 1 saturated heterocycles. The summed E-state index contributed by atoms with van der Waals surface area (Å²) >= 11 is 2.00. The van der Waals surface area contributed by atoms with E-state index < -0.39 is 6.10 Å². The molecule has 0 saturated carbocycles. The standard InChI is InChI=1S/C12H19NO2S/c1-9(13-10-4-6-16-8-10)7-11(14)12-3-2-5-15-12/h2-3,5,9-11,13-14H,4,6-8H2,1H3. The first-order valence-corrected chi connectivity index (χ1v) is 6.96. The van der Waals surface area contributed by atoms with Crippen LogP contribution in [0.25, 0.3) is 0 Å². The molecule has 1 aromatic heterocycles. The zero-order valence-corrected chi connectivity index (χ0v) is 10.4. The molecule has 0 spiro atoms. The summed E-state index contributed by atoms with van der Waals surface area (Å²) in [6.07, 6.45) is 3.05. The van der Waals surface area contributed by atoms with Crippen LogP contribution in [0, 0.1) is 0 Å². The summed E-state index contributed by atoms with van der Waals surface area (Å²) in [5, 5.41) is 13.5. The van der Waals surface area contributed by atoms with E-state index in [9.17, 15) is 5.11 Å². The summed E-state index contributed by atoms with van der Waals surface area (Å²) in [4.78, 5) is 0. The number of aliphatic hydroxyl groups excluding tert-OH is 1. The van der Waals surface area contributed by atoms with Crippen molar-refractivity contribution in [3.63, 3.8) is 0 Å². The second kappa shape index (κ2) is 5.75. The average Bonchev–Trinajstić information content (AvgIpc) is 2.88. The maximum Gasteiger partial charge on any atom is 0.132 e. The first kappa shape index (κ1) is 12.0. The topological polar surface area (TPSA) is 45.4 Å². The van der Waals surface area contributed by atoms with E-state index in [0.29, 0.717) is 24.3 Å². The molecular formula is C12H19NO2S. The summed E-state index contributed by atoms with van der Waals surface area (Å²) in [5.41, 5.74) is 0. The molecule has 0 aliphatic carbocycles. The van der Waals surface area contributed by atoms with Gasteiger partial charge in [-0.15, -0.1) is 0 Å². The minimum absolute atomic E-state index is 0.323. The van der Waals surface area contributed by atoms with Crippen LogP contribution in [0.3, 0.4) is 0 Å². The average molecular weight is 241 g/mol. The molecule has 0 amide bonds. The van der Waals surface area contributed by atoms with Gasteiger partial charge in [0, 0.05) is 17.8 Å². The molecule has 1 fully saturated rings. The Bertz CT molecular complexity index is 296. The van der Waals surface area contributed by atoms with Gasteiger partial charge in [0.1, 0.15) is 11.9 Å². The van der Waals surface area contributed by atoms with E-state index in [1.807, 2.05) is 23.9 Å². The number of rotatable bonds is 5. The van der Waals surface area contributed by atoms with Crippen molar-refractivity contribution in [3.8, 4) is 0 Å². The van der Waals surface area contributed by atoms with E-state index >= 15 is 0 Å². The molecule has 3 atom stereocenters. The first-order chi connectivity index (χ1) is 7.75. The molecule has 2 N–H and O–H groups in total. The summed E-state index contributed by atoms with van der Waals surface area (Å²) in [5.74, 6) is 3.11. The van der Waals surface area contributed by atoms with Gasteiger partial charge in [0.25, 0.3) is 0 Å². The highest BCUT2D eigenvalue weighted by atomic mass is 32.2. The molecule has 90 valence electrons. The molecule has 0 radical (unpaired) electrons. The number of aliphatic hydroxyl groups is 1. The maximum absolute atomic E-state index is 9.91. The molecule has 16 heavy (non-hydrogen) atoms. The van der Waals surface area contributed by atoms with Crippen LogP contribution in [-0.4, -0.2) is 28.7 Å². The van der Waals surface area contributed by atoms with Crippen LogP contribution in [0.5, 0.6) is 0 Å². The minimum Gasteiger partial charge on any atom is -0.467 e. The second-order valence-electron chi connectivity index (χ2n) is 4.40. The summed E-state index contributed by atoms with van der Waals surface area (Å²) in [6.45, 7) is 2.12. The van der Waals surface area contributed by atoms with Crippen molar-refractivity contribution in [1.29, 1.82) is 0 Å². The predicted molar refractivity (Wildman–Crippen MR) is 66.6 cm³/mol. The van der Waals surface area contributed by atoms with Crippen molar-refractivity contribution < 1.29 is 9.52 Å². The third-order valence-electron chi connectivity index (χ3n) is 2.90. The van der Waals surface area contributed by atoms with Gasteiger partial charge in [-0.25, -0.2) is 0 Å². The Balaban J connectivity index is 1.75. The van der Waals surface area contributed by atoms with E-state index in [1.54, 1.807) is 6.26 Å². The van der Waals surface area contributed by atoms with Crippen LogP contribution in [0.1, 0.15) is 31.6 Å². The van der Waals surface area contributed by atoms with Crippen LogP contribution in [0.4, 0.5) is 0 Å². The molecular weight excluding hydrogens is 222 g/mol. The van der Waals surface area contributed by atoms with Gasteiger partial charge in [0.2, 0.25) is 0 Å². The van der Waals surface area contributed by atoms with E-state index in [1.165, 1.54) is 17.9 Å². The molecule has 1 aromatic rings. The van der Waals surface area contributed by atoms with Gasteiger partial charge in [-0.1, -0.05) is 0 Å². The fraction of sp³-hybridized carbons (Fsp3) is 0.667. The van der Waals surface area contributed by atoms with E-state index in [0.717, 1.165) is 0 Å². The molecule has 1 aliphatic heterocycles. The van der Waals surface area contributed by atoms with Gasteiger partial charge >= 0.3 is 0 Å². The summed E-state index contributed by atoms with van der Waals surface area (Å²) in [7, 11) is 0. The predicted octanol–water partition coefficient (Wildman–Crippen LogP) is 2.19. The number of furan rings is 1. The van der Waals surface area contributed by atoms with Crippen LogP contribution >= 0.6 is 11.8 Å². The molecule has 4 heteroatoms. The van der Waals surface area contributed by atoms with Crippen molar-refractivity contribution in [2.75, 3.05) is 11.5 Å². The third-order valence-corrected chi connectivity index (χ3v) is 4.06. The van der Waals surface area contributed by atoms with Crippen molar-refractivity contribution in [2.24, 2.45) is 0 Å². The number of hydrogen-bond acceptors (Lipinski definition) is 4. The highest BCUT2D eigenvalue weighted by Crippen LogP contribution is 2.21. The lowest BCUT2D eigenvalue weighted by Gasteiger charge is -2.20. The van der Waals surface area contributed by atoms with E-state index in [2.05, 4.69) is 12.2 Å². The molecule has 3 nitrogen and oxygen atoms in total. The van der Waals surface area contributed by atoms with Gasteiger partial charge in [-0.3, -0.25) is 0 Å². The highest BCUT2D eigenvalue weighted by molar-refractivity contribution is 7.99. The first-order valence-electron chi connectivity index (χ1n) is 5.81. The van der Waals surface area contributed by atoms with Gasteiger partial charge in [-0.2, -0.15) is 11.8 Å². The smallest absolute Gasteiger partial charge is 0.132 e. The fourth-order valence-corrected chi connectivity index (χ4v) is 3.23. The Morgan fingerprint density at radius 3 is 3.19 bits per heavy atom. The highest BCUT2D eigenvalue weighted by Gasteiger charge is 2.20.